The molecule has 29 heavy (non-hydrogen) atoms. The zero-order valence-electron chi connectivity index (χ0n) is 18.8. The predicted octanol–water partition coefficient (Wildman–Crippen LogP) is 4.06. The van der Waals surface area contributed by atoms with Crippen LogP contribution in [0.25, 0.3) is 0 Å². The normalized spacial score (nSPS) is 22.4. The van der Waals surface area contributed by atoms with Crippen LogP contribution < -0.4 is 4.72 Å². The Bertz CT molecular complexity index is 803. The molecule has 1 aromatic heterocycles. The lowest BCUT2D eigenvalue weighted by Crippen LogP contribution is -2.49. The van der Waals surface area contributed by atoms with Gasteiger partial charge in [0.25, 0.3) is 0 Å². The summed E-state index contributed by atoms with van der Waals surface area (Å²) in [5.41, 5.74) is 2.78. The Morgan fingerprint density at radius 2 is 1.86 bits per heavy atom. The lowest BCUT2D eigenvalue weighted by Gasteiger charge is -2.43. The van der Waals surface area contributed by atoms with Gasteiger partial charge >= 0.3 is 6.09 Å². The summed E-state index contributed by atoms with van der Waals surface area (Å²) in [7, 11) is -1.18. The first-order chi connectivity index (χ1) is 13.3. The first-order valence-electron chi connectivity index (χ1n) is 10.4. The van der Waals surface area contributed by atoms with Gasteiger partial charge in [-0.2, -0.15) is 0 Å². The van der Waals surface area contributed by atoms with E-state index in [1.807, 2.05) is 54.7 Å². The van der Waals surface area contributed by atoms with Crippen LogP contribution in [0, 0.1) is 12.3 Å². The van der Waals surface area contributed by atoms with Crippen LogP contribution in [0.4, 0.5) is 4.79 Å². The average Bonchev–Trinajstić information content (AvgIpc) is 2.86. The molecule has 2 aliphatic rings. The molecule has 162 valence electrons. The fraction of sp³-hybridized carbons (Fsp3) is 0.727. The van der Waals surface area contributed by atoms with E-state index in [-0.39, 0.29) is 22.3 Å². The van der Waals surface area contributed by atoms with Crippen molar-refractivity contribution in [2.24, 2.45) is 5.41 Å². The molecule has 1 saturated heterocycles. The smallest absolute Gasteiger partial charge is 0.410 e. The maximum Gasteiger partial charge on any atom is 0.410 e. The Balaban J connectivity index is 1.82. The van der Waals surface area contributed by atoms with E-state index in [4.69, 9.17) is 4.74 Å². The number of rotatable bonds is 2. The van der Waals surface area contributed by atoms with Crippen molar-refractivity contribution in [2.75, 3.05) is 13.1 Å². The van der Waals surface area contributed by atoms with Crippen LogP contribution in [-0.2, 0) is 22.1 Å². The third kappa shape index (κ3) is 4.82. The van der Waals surface area contributed by atoms with E-state index >= 15 is 0 Å². The van der Waals surface area contributed by atoms with Gasteiger partial charge in [0.1, 0.15) is 5.60 Å². The average molecular weight is 422 g/mol. The van der Waals surface area contributed by atoms with E-state index < -0.39 is 16.6 Å². The van der Waals surface area contributed by atoms with Crippen LogP contribution in [0.2, 0.25) is 0 Å². The monoisotopic (exact) mass is 421 g/mol. The summed E-state index contributed by atoms with van der Waals surface area (Å²) in [6.45, 7) is 14.9. The number of amides is 1. The standard InChI is InChI=1S/C22H35N3O3S/c1-15-12-16-17(23-14-15)13-22(18(16)24-29(27)21(5,6)7)8-10-25(11-9-22)19(26)28-20(2,3)4/h12,14,18,24H,8-11,13H2,1-7H3/t18?,29-/m0/s1. The number of fused-ring (bicyclic) bond motifs is 1. The van der Waals surface area contributed by atoms with Gasteiger partial charge in [-0.1, -0.05) is 6.07 Å². The number of carbonyl (C=O) groups is 1. The molecule has 0 saturated carbocycles. The van der Waals surface area contributed by atoms with E-state index in [0.29, 0.717) is 13.1 Å². The Labute approximate surface area is 177 Å². The number of nitrogens with zero attached hydrogens (tertiary/aromatic N) is 2. The van der Waals surface area contributed by atoms with Gasteiger partial charge in [-0.3, -0.25) is 4.98 Å². The van der Waals surface area contributed by atoms with Crippen LogP contribution in [0.3, 0.4) is 0 Å². The Morgan fingerprint density at radius 3 is 2.41 bits per heavy atom. The van der Waals surface area contributed by atoms with E-state index in [1.54, 1.807) is 4.90 Å². The highest BCUT2D eigenvalue weighted by atomic mass is 32.2. The van der Waals surface area contributed by atoms with Crippen LogP contribution in [0.1, 0.15) is 77.2 Å². The molecular formula is C22H35N3O3S. The summed E-state index contributed by atoms with van der Waals surface area (Å²) in [5, 5.41) is 0. The summed E-state index contributed by atoms with van der Waals surface area (Å²) < 4.78 is 21.6. The van der Waals surface area contributed by atoms with Crippen LogP contribution in [-0.4, -0.2) is 43.6 Å². The maximum atomic E-state index is 13.0. The van der Waals surface area contributed by atoms with Gasteiger partial charge in [-0.15, -0.1) is 0 Å². The molecule has 0 bridgehead atoms. The molecule has 1 aliphatic heterocycles. The number of aromatic nitrogens is 1. The van der Waals surface area contributed by atoms with Crippen molar-refractivity contribution < 1.29 is 13.7 Å². The summed E-state index contributed by atoms with van der Waals surface area (Å²) in [6.07, 6.45) is 4.18. The zero-order valence-corrected chi connectivity index (χ0v) is 19.6. The number of hydrogen-bond donors (Lipinski definition) is 1. The molecule has 1 N–H and O–H groups in total. The summed E-state index contributed by atoms with van der Waals surface area (Å²) in [4.78, 5) is 19.0. The minimum atomic E-state index is -1.18. The zero-order chi connectivity index (χ0) is 21.6. The molecule has 3 rings (SSSR count). The number of ether oxygens (including phenoxy) is 1. The molecule has 7 heteroatoms. The number of pyridine rings is 1. The fourth-order valence-corrected chi connectivity index (χ4v) is 5.13. The van der Waals surface area contributed by atoms with E-state index in [0.717, 1.165) is 36.1 Å². The Hall–Kier alpha value is -1.47. The van der Waals surface area contributed by atoms with Crippen LogP contribution in [0.5, 0.6) is 0 Å². The number of hydrogen-bond acceptors (Lipinski definition) is 4. The summed E-state index contributed by atoms with van der Waals surface area (Å²) in [5.74, 6) is 0. The van der Waals surface area contributed by atoms with Crippen molar-refractivity contribution >= 4 is 17.1 Å². The van der Waals surface area contributed by atoms with Gasteiger partial charge in [0.15, 0.2) is 0 Å². The lowest BCUT2D eigenvalue weighted by molar-refractivity contribution is 0.00719. The van der Waals surface area contributed by atoms with Crippen molar-refractivity contribution in [3.05, 3.63) is 29.1 Å². The Kier molecular flexibility index (Phi) is 5.86. The number of carbonyl (C=O) groups excluding carboxylic acids is 1. The molecule has 0 aromatic carbocycles. The minimum absolute atomic E-state index is 0.0225. The molecule has 0 radical (unpaired) electrons. The van der Waals surface area contributed by atoms with Crippen molar-refractivity contribution in [1.82, 2.24) is 14.6 Å². The molecule has 1 spiro atoms. The first-order valence-corrected chi connectivity index (χ1v) is 11.6. The summed E-state index contributed by atoms with van der Waals surface area (Å²) in [6, 6.07) is 2.15. The van der Waals surface area contributed by atoms with Crippen LogP contribution in [0.15, 0.2) is 12.3 Å². The maximum absolute atomic E-state index is 13.0. The quantitative estimate of drug-likeness (QED) is 0.782. The second-order valence-electron chi connectivity index (χ2n) is 10.5. The third-order valence-electron chi connectivity index (χ3n) is 5.78. The van der Waals surface area contributed by atoms with Crippen LogP contribution >= 0.6 is 0 Å². The molecule has 1 aromatic rings. The van der Waals surface area contributed by atoms with E-state index in [9.17, 15) is 9.00 Å². The highest BCUT2D eigenvalue weighted by molar-refractivity contribution is 7.84. The van der Waals surface area contributed by atoms with Gasteiger partial charge in [0.05, 0.1) is 21.8 Å². The summed E-state index contributed by atoms with van der Waals surface area (Å²) >= 11 is 0. The van der Waals surface area contributed by atoms with E-state index in [1.165, 1.54) is 0 Å². The third-order valence-corrected chi connectivity index (χ3v) is 7.34. The molecule has 2 heterocycles. The first kappa shape index (κ1) is 22.2. The predicted molar refractivity (Wildman–Crippen MR) is 116 cm³/mol. The molecule has 2 atom stereocenters. The second kappa shape index (κ2) is 7.65. The van der Waals surface area contributed by atoms with Crippen molar-refractivity contribution in [2.45, 2.75) is 84.1 Å². The highest BCUT2D eigenvalue weighted by Gasteiger charge is 2.50. The number of likely N-dealkylation sites (tertiary alicyclic amines) is 1. The largest absolute Gasteiger partial charge is 0.444 e. The van der Waals surface area contributed by atoms with Crippen molar-refractivity contribution in [3.63, 3.8) is 0 Å². The SMILES string of the molecule is Cc1cnc2c(c1)C(N[S@@](=O)C(C)(C)C)C1(CCN(C(=O)OC(C)(C)C)CC1)C2. The fourth-order valence-electron chi connectivity index (χ4n) is 4.18. The van der Waals surface area contributed by atoms with E-state index in [2.05, 4.69) is 15.8 Å². The van der Waals surface area contributed by atoms with Crippen molar-refractivity contribution in [1.29, 1.82) is 0 Å². The Morgan fingerprint density at radius 1 is 1.24 bits per heavy atom. The van der Waals surface area contributed by atoms with Gasteiger partial charge in [0, 0.05) is 25.0 Å². The molecule has 1 unspecified atom stereocenters. The molecule has 1 fully saturated rings. The second-order valence-corrected chi connectivity index (χ2v) is 12.5. The molecule has 1 aliphatic carbocycles. The van der Waals surface area contributed by atoms with Gasteiger partial charge in [-0.05, 0) is 84.3 Å². The molecular weight excluding hydrogens is 386 g/mol. The van der Waals surface area contributed by atoms with Gasteiger partial charge < -0.3 is 9.64 Å². The lowest BCUT2D eigenvalue weighted by atomic mass is 9.73. The number of aryl methyl sites for hydroxylation is 1. The number of nitrogens with one attached hydrogen (secondary N) is 1. The van der Waals surface area contributed by atoms with Gasteiger partial charge in [0.2, 0.25) is 0 Å². The highest BCUT2D eigenvalue weighted by Crippen LogP contribution is 2.52. The molecule has 6 nitrogen and oxygen atoms in total. The topological polar surface area (TPSA) is 71.5 Å². The molecule has 1 amide bonds. The number of piperidine rings is 1. The van der Waals surface area contributed by atoms with Gasteiger partial charge in [-0.25, -0.2) is 13.7 Å². The van der Waals surface area contributed by atoms with Crippen molar-refractivity contribution in [3.8, 4) is 0 Å². The minimum Gasteiger partial charge on any atom is -0.444 e.